The third-order valence-electron chi connectivity index (χ3n) is 7.28. The Bertz CT molecular complexity index is 1070. The van der Waals surface area contributed by atoms with E-state index in [1.54, 1.807) is 0 Å². The highest BCUT2D eigenvalue weighted by atomic mass is 16.2. The molecule has 1 N–H and O–H groups in total. The van der Waals surface area contributed by atoms with Gasteiger partial charge in [-0.3, -0.25) is 19.5 Å². The van der Waals surface area contributed by atoms with Crippen molar-refractivity contribution in [1.29, 1.82) is 0 Å². The zero-order chi connectivity index (χ0) is 21.5. The highest BCUT2D eigenvalue weighted by Crippen LogP contribution is 2.31. The summed E-state index contributed by atoms with van der Waals surface area (Å²) in [6.07, 6.45) is 8.23. The largest absolute Gasteiger partial charge is 0.337 e. The Balaban J connectivity index is 1.46. The van der Waals surface area contributed by atoms with Gasteiger partial charge in [-0.15, -0.1) is 0 Å². The SMILES string of the molecule is CCC(=O)N1CCCC[C@@H]1c1cc2nc3c(c(=O)n2[nH]1)CN(C(=O)C1CCCC1)CC3. The maximum atomic E-state index is 13.3. The standard InChI is InChI=1S/C23H31N5O3/c1-2-21(29)27-11-6-5-9-19(27)18-13-20-24-17-10-12-26(22(30)15-7-3-4-8-15)14-16(17)23(31)28(20)25-18/h13,15,19,25H,2-12,14H2,1H3/t19-/m1/s1. The fourth-order valence-electron chi connectivity index (χ4n) is 5.55. The molecule has 2 aromatic heterocycles. The molecule has 5 rings (SSSR count). The van der Waals surface area contributed by atoms with E-state index < -0.39 is 0 Å². The van der Waals surface area contributed by atoms with Crippen LogP contribution in [0.1, 0.15) is 81.3 Å². The van der Waals surface area contributed by atoms with Crippen molar-refractivity contribution < 1.29 is 9.59 Å². The maximum absolute atomic E-state index is 13.3. The van der Waals surface area contributed by atoms with E-state index in [1.165, 1.54) is 4.52 Å². The van der Waals surface area contributed by atoms with E-state index in [-0.39, 0.29) is 29.3 Å². The third kappa shape index (κ3) is 3.55. The van der Waals surface area contributed by atoms with Gasteiger partial charge in [0.05, 0.1) is 29.5 Å². The molecule has 0 bridgehead atoms. The molecule has 1 saturated carbocycles. The van der Waals surface area contributed by atoms with Crippen LogP contribution in [0.15, 0.2) is 10.9 Å². The van der Waals surface area contributed by atoms with E-state index in [0.717, 1.165) is 62.9 Å². The number of aromatic nitrogens is 3. The minimum Gasteiger partial charge on any atom is -0.337 e. The number of amides is 2. The minimum atomic E-state index is -0.126. The monoisotopic (exact) mass is 425 g/mol. The van der Waals surface area contributed by atoms with Crippen LogP contribution in [-0.2, 0) is 22.6 Å². The first-order valence-electron chi connectivity index (χ1n) is 11.8. The summed E-state index contributed by atoms with van der Waals surface area (Å²) in [6, 6.07) is 1.88. The van der Waals surface area contributed by atoms with Gasteiger partial charge in [0.1, 0.15) is 0 Å². The van der Waals surface area contributed by atoms with E-state index in [0.29, 0.717) is 37.1 Å². The Morgan fingerprint density at radius 2 is 1.90 bits per heavy atom. The molecule has 0 spiro atoms. The lowest BCUT2D eigenvalue weighted by atomic mass is 9.99. The summed E-state index contributed by atoms with van der Waals surface area (Å²) in [6.45, 7) is 3.61. The average molecular weight is 426 g/mol. The number of carbonyl (C=O) groups excluding carboxylic acids is 2. The molecule has 1 saturated heterocycles. The van der Waals surface area contributed by atoms with Gasteiger partial charge in [0.25, 0.3) is 5.56 Å². The van der Waals surface area contributed by atoms with Crippen molar-refractivity contribution in [2.24, 2.45) is 5.92 Å². The second kappa shape index (κ2) is 8.13. The van der Waals surface area contributed by atoms with Crippen LogP contribution in [0.3, 0.4) is 0 Å². The lowest BCUT2D eigenvalue weighted by Crippen LogP contribution is -2.42. The van der Waals surface area contributed by atoms with Crippen molar-refractivity contribution in [2.75, 3.05) is 13.1 Å². The van der Waals surface area contributed by atoms with Gasteiger partial charge in [0, 0.05) is 37.9 Å². The zero-order valence-corrected chi connectivity index (χ0v) is 18.2. The second-order valence-corrected chi connectivity index (χ2v) is 9.19. The Morgan fingerprint density at radius 3 is 2.68 bits per heavy atom. The van der Waals surface area contributed by atoms with Crippen LogP contribution < -0.4 is 5.56 Å². The van der Waals surface area contributed by atoms with E-state index in [9.17, 15) is 14.4 Å². The summed E-state index contributed by atoms with van der Waals surface area (Å²) < 4.78 is 1.50. The molecule has 2 aromatic rings. The normalized spacial score (nSPS) is 22.2. The lowest BCUT2D eigenvalue weighted by molar-refractivity contribution is -0.136. The van der Waals surface area contributed by atoms with Crippen LogP contribution in [-0.4, -0.2) is 49.3 Å². The summed E-state index contributed by atoms with van der Waals surface area (Å²) in [5.74, 6) is 0.450. The number of carbonyl (C=O) groups is 2. The first kappa shape index (κ1) is 20.3. The molecule has 2 aliphatic heterocycles. The van der Waals surface area contributed by atoms with Crippen LogP contribution in [0.5, 0.6) is 0 Å². The molecule has 31 heavy (non-hydrogen) atoms. The first-order chi connectivity index (χ1) is 15.1. The molecule has 0 radical (unpaired) electrons. The molecule has 166 valence electrons. The molecule has 2 amide bonds. The number of aromatic amines is 1. The second-order valence-electron chi connectivity index (χ2n) is 9.19. The van der Waals surface area contributed by atoms with Gasteiger partial charge in [-0.25, -0.2) is 9.50 Å². The first-order valence-corrected chi connectivity index (χ1v) is 11.8. The Kier molecular flexibility index (Phi) is 5.32. The quantitative estimate of drug-likeness (QED) is 0.818. The van der Waals surface area contributed by atoms with Gasteiger partial charge in [0.2, 0.25) is 11.8 Å². The Morgan fingerprint density at radius 1 is 1.13 bits per heavy atom. The minimum absolute atomic E-state index is 0.0419. The maximum Gasteiger partial charge on any atom is 0.277 e. The zero-order valence-electron chi connectivity index (χ0n) is 18.2. The van der Waals surface area contributed by atoms with Crippen LogP contribution in [0.4, 0.5) is 0 Å². The number of hydrogen-bond donors (Lipinski definition) is 1. The van der Waals surface area contributed by atoms with Crippen LogP contribution >= 0.6 is 0 Å². The van der Waals surface area contributed by atoms with Crippen molar-refractivity contribution >= 4 is 17.5 Å². The van der Waals surface area contributed by atoms with E-state index in [2.05, 4.69) is 5.10 Å². The van der Waals surface area contributed by atoms with Gasteiger partial charge in [-0.1, -0.05) is 19.8 Å². The molecular formula is C23H31N5O3. The van der Waals surface area contributed by atoms with Crippen LogP contribution in [0.25, 0.3) is 5.65 Å². The van der Waals surface area contributed by atoms with E-state index in [1.807, 2.05) is 22.8 Å². The predicted octanol–water partition coefficient (Wildman–Crippen LogP) is 2.56. The average Bonchev–Trinajstić information content (AvgIpc) is 3.48. The fraction of sp³-hybridized carbons (Fsp3) is 0.652. The smallest absolute Gasteiger partial charge is 0.277 e. The molecule has 3 aliphatic rings. The number of H-pyrrole nitrogens is 1. The summed E-state index contributed by atoms with van der Waals surface area (Å²) >= 11 is 0. The molecule has 2 fully saturated rings. The topological polar surface area (TPSA) is 90.8 Å². The van der Waals surface area contributed by atoms with Gasteiger partial charge < -0.3 is 9.80 Å². The number of piperidine rings is 1. The van der Waals surface area contributed by atoms with Crippen molar-refractivity contribution in [3.05, 3.63) is 33.4 Å². The molecule has 0 unspecified atom stereocenters. The van der Waals surface area contributed by atoms with Crippen LogP contribution in [0.2, 0.25) is 0 Å². The predicted molar refractivity (Wildman–Crippen MR) is 115 cm³/mol. The molecule has 1 atom stereocenters. The van der Waals surface area contributed by atoms with Gasteiger partial charge in [0.15, 0.2) is 5.65 Å². The number of nitrogens with one attached hydrogen (secondary N) is 1. The molecule has 0 aromatic carbocycles. The van der Waals surface area contributed by atoms with E-state index in [4.69, 9.17) is 4.98 Å². The molecular weight excluding hydrogens is 394 g/mol. The van der Waals surface area contributed by atoms with Crippen molar-refractivity contribution in [2.45, 2.75) is 77.3 Å². The fourth-order valence-corrected chi connectivity index (χ4v) is 5.55. The molecule has 4 heterocycles. The Labute approximate surface area is 181 Å². The number of nitrogens with zero attached hydrogens (tertiary/aromatic N) is 4. The third-order valence-corrected chi connectivity index (χ3v) is 7.28. The summed E-state index contributed by atoms with van der Waals surface area (Å²) in [4.78, 5) is 47.2. The number of hydrogen-bond acceptors (Lipinski definition) is 4. The summed E-state index contributed by atoms with van der Waals surface area (Å²) in [5, 5.41) is 3.24. The molecule has 1 aliphatic carbocycles. The van der Waals surface area contributed by atoms with Crippen LogP contribution in [0, 0.1) is 5.92 Å². The number of likely N-dealkylation sites (tertiary alicyclic amines) is 1. The molecule has 8 heteroatoms. The summed E-state index contributed by atoms with van der Waals surface area (Å²) in [5.41, 5.74) is 2.76. The molecule has 8 nitrogen and oxygen atoms in total. The Hall–Kier alpha value is -2.64. The lowest BCUT2D eigenvalue weighted by Gasteiger charge is -2.35. The van der Waals surface area contributed by atoms with Crippen molar-refractivity contribution in [3.8, 4) is 0 Å². The van der Waals surface area contributed by atoms with Crippen molar-refractivity contribution in [3.63, 3.8) is 0 Å². The highest BCUT2D eigenvalue weighted by molar-refractivity contribution is 5.79. The number of fused-ring (bicyclic) bond motifs is 2. The van der Waals surface area contributed by atoms with Gasteiger partial charge in [-0.2, -0.15) is 0 Å². The van der Waals surface area contributed by atoms with Gasteiger partial charge in [-0.05, 0) is 32.1 Å². The highest BCUT2D eigenvalue weighted by Gasteiger charge is 2.32. The number of rotatable bonds is 3. The van der Waals surface area contributed by atoms with E-state index >= 15 is 0 Å². The van der Waals surface area contributed by atoms with Crippen molar-refractivity contribution in [1.82, 2.24) is 24.4 Å². The summed E-state index contributed by atoms with van der Waals surface area (Å²) in [7, 11) is 0. The van der Waals surface area contributed by atoms with Gasteiger partial charge >= 0.3 is 0 Å².